The van der Waals surface area contributed by atoms with Crippen molar-refractivity contribution < 1.29 is 15.0 Å². The minimum absolute atomic E-state index is 0.101. The van der Waals surface area contributed by atoms with Crippen molar-refractivity contribution in [3.8, 4) is 0 Å². The van der Waals surface area contributed by atoms with Crippen LogP contribution < -0.4 is 10.2 Å². The van der Waals surface area contributed by atoms with Gasteiger partial charge in [0, 0.05) is 11.6 Å². The average molecular weight is 509 g/mol. The van der Waals surface area contributed by atoms with Gasteiger partial charge in [0.2, 0.25) is 5.28 Å². The molecule has 9 nitrogen and oxygen atoms in total. The molecular formula is C26H29ClN6O3. The van der Waals surface area contributed by atoms with E-state index in [-0.39, 0.29) is 41.8 Å². The monoisotopic (exact) mass is 508 g/mol. The second-order valence-electron chi connectivity index (χ2n) is 10.8. The smallest absolute Gasteiger partial charge is 0.252 e. The Balaban J connectivity index is 1.27. The van der Waals surface area contributed by atoms with Gasteiger partial charge in [0.05, 0.1) is 25.1 Å². The summed E-state index contributed by atoms with van der Waals surface area (Å²) < 4.78 is 1.86. The number of aromatic nitrogens is 4. The number of aliphatic hydroxyl groups is 2. The Labute approximate surface area is 213 Å². The summed E-state index contributed by atoms with van der Waals surface area (Å²) >= 11 is 6.48. The first-order chi connectivity index (χ1) is 17.5. The van der Waals surface area contributed by atoms with E-state index in [9.17, 15) is 15.0 Å². The maximum Gasteiger partial charge on any atom is 0.252 e. The minimum Gasteiger partial charge on any atom is -0.390 e. The van der Waals surface area contributed by atoms with Gasteiger partial charge in [-0.05, 0) is 79.5 Å². The second kappa shape index (κ2) is 8.39. The van der Waals surface area contributed by atoms with Gasteiger partial charge in [-0.1, -0.05) is 18.2 Å². The van der Waals surface area contributed by atoms with Crippen LogP contribution in [-0.2, 0) is 0 Å². The molecule has 0 bridgehead atoms. The van der Waals surface area contributed by atoms with Crippen LogP contribution in [0.25, 0.3) is 11.2 Å². The molecule has 3 aromatic rings. The Morgan fingerprint density at radius 3 is 2.44 bits per heavy atom. The van der Waals surface area contributed by atoms with Crippen LogP contribution in [0.3, 0.4) is 0 Å². The SMILES string of the molecule is O=C(NCN(c1nc(Cl)nc2c1ncn2[C@H]1[C@H](O)[C@H](O)[C@@H]2C[C@@H]21)C(C1CC1)C1CC1)c1ccccc1. The molecule has 10 heteroatoms. The number of benzene rings is 1. The van der Waals surface area contributed by atoms with Crippen molar-refractivity contribution in [1.29, 1.82) is 0 Å². The van der Waals surface area contributed by atoms with Crippen LogP contribution in [0.4, 0.5) is 5.82 Å². The Morgan fingerprint density at radius 2 is 1.81 bits per heavy atom. The van der Waals surface area contributed by atoms with Crippen molar-refractivity contribution in [3.05, 3.63) is 47.5 Å². The third-order valence-electron chi connectivity index (χ3n) is 8.45. The highest BCUT2D eigenvalue weighted by atomic mass is 35.5. The number of rotatable bonds is 8. The van der Waals surface area contributed by atoms with Gasteiger partial charge in [-0.2, -0.15) is 9.97 Å². The molecule has 1 amide bonds. The zero-order valence-electron chi connectivity index (χ0n) is 19.7. The van der Waals surface area contributed by atoms with Crippen LogP contribution in [-0.4, -0.2) is 60.6 Å². The van der Waals surface area contributed by atoms with Gasteiger partial charge < -0.3 is 25.0 Å². The summed E-state index contributed by atoms with van der Waals surface area (Å²) in [6.45, 7) is 0.288. The molecule has 36 heavy (non-hydrogen) atoms. The van der Waals surface area contributed by atoms with E-state index in [0.29, 0.717) is 34.4 Å². The van der Waals surface area contributed by atoms with E-state index in [1.54, 1.807) is 18.5 Å². The summed E-state index contributed by atoms with van der Waals surface area (Å²) in [7, 11) is 0. The molecule has 1 aromatic carbocycles. The second-order valence-corrected chi connectivity index (χ2v) is 11.2. The number of nitrogens with one attached hydrogen (secondary N) is 1. The van der Waals surface area contributed by atoms with Crippen LogP contribution in [0.2, 0.25) is 5.28 Å². The zero-order valence-corrected chi connectivity index (χ0v) is 20.5. The zero-order chi connectivity index (χ0) is 24.6. The van der Waals surface area contributed by atoms with Crippen molar-refractivity contribution in [2.45, 2.75) is 56.4 Å². The highest BCUT2D eigenvalue weighted by molar-refractivity contribution is 6.28. The Kier molecular flexibility index (Phi) is 5.23. The van der Waals surface area contributed by atoms with Crippen LogP contribution >= 0.6 is 11.6 Å². The average Bonchev–Trinajstić information content (AvgIpc) is 3.77. The molecule has 5 atom stereocenters. The van der Waals surface area contributed by atoms with Gasteiger partial charge in [-0.15, -0.1) is 0 Å². The van der Waals surface area contributed by atoms with Crippen LogP contribution in [0, 0.1) is 23.7 Å². The summed E-state index contributed by atoms with van der Waals surface area (Å²) in [4.78, 5) is 28.9. The molecule has 4 aliphatic carbocycles. The Bertz CT molecular complexity index is 1300. The molecule has 4 saturated carbocycles. The number of imidazole rings is 1. The summed E-state index contributed by atoms with van der Waals surface area (Å²) in [6, 6.07) is 9.14. The molecule has 4 aliphatic rings. The van der Waals surface area contributed by atoms with Gasteiger partial charge in [0.1, 0.15) is 6.10 Å². The number of aliphatic hydroxyl groups excluding tert-OH is 2. The number of fused-ring (bicyclic) bond motifs is 2. The van der Waals surface area contributed by atoms with Gasteiger partial charge in [0.15, 0.2) is 17.0 Å². The fourth-order valence-electron chi connectivity index (χ4n) is 6.33. The maximum atomic E-state index is 12.9. The van der Waals surface area contributed by atoms with Gasteiger partial charge >= 0.3 is 0 Å². The maximum absolute atomic E-state index is 12.9. The van der Waals surface area contributed by atoms with Crippen molar-refractivity contribution in [2.75, 3.05) is 11.6 Å². The molecule has 0 unspecified atom stereocenters. The predicted molar refractivity (Wildman–Crippen MR) is 133 cm³/mol. The molecule has 0 spiro atoms. The fraction of sp³-hybridized carbons (Fsp3) is 0.538. The van der Waals surface area contributed by atoms with E-state index in [2.05, 4.69) is 20.2 Å². The molecule has 2 aromatic heterocycles. The Morgan fingerprint density at radius 1 is 1.08 bits per heavy atom. The van der Waals surface area contributed by atoms with Crippen molar-refractivity contribution >= 4 is 34.5 Å². The molecule has 0 radical (unpaired) electrons. The lowest BCUT2D eigenvalue weighted by Gasteiger charge is -2.33. The van der Waals surface area contributed by atoms with E-state index in [1.165, 1.54) is 0 Å². The van der Waals surface area contributed by atoms with Gasteiger partial charge in [0.25, 0.3) is 5.91 Å². The van der Waals surface area contributed by atoms with Crippen molar-refractivity contribution in [3.63, 3.8) is 0 Å². The van der Waals surface area contributed by atoms with Crippen LogP contribution in [0.15, 0.2) is 36.7 Å². The van der Waals surface area contributed by atoms with Gasteiger partial charge in [-0.3, -0.25) is 4.79 Å². The molecule has 188 valence electrons. The van der Waals surface area contributed by atoms with Crippen LogP contribution in [0.5, 0.6) is 0 Å². The first-order valence-electron chi connectivity index (χ1n) is 12.9. The summed E-state index contributed by atoms with van der Waals surface area (Å²) in [6.07, 6.45) is 5.63. The van der Waals surface area contributed by atoms with Gasteiger partial charge in [-0.25, -0.2) is 4.98 Å². The van der Waals surface area contributed by atoms with Crippen LogP contribution in [0.1, 0.15) is 48.5 Å². The molecule has 0 aliphatic heterocycles. The number of hydrogen-bond acceptors (Lipinski definition) is 7. The lowest BCUT2D eigenvalue weighted by Crippen LogP contribution is -2.46. The third kappa shape index (κ3) is 3.76. The molecule has 2 heterocycles. The lowest BCUT2D eigenvalue weighted by atomic mass is 10.1. The molecule has 7 rings (SSSR count). The number of amides is 1. The van der Waals surface area contributed by atoms with E-state index in [0.717, 1.165) is 32.1 Å². The van der Waals surface area contributed by atoms with E-state index in [4.69, 9.17) is 16.6 Å². The predicted octanol–water partition coefficient (Wildman–Crippen LogP) is 2.77. The number of carbonyl (C=O) groups is 1. The molecule has 4 fully saturated rings. The standard InChI is InChI=1S/C26H29ClN6O3/c27-26-30-23(18-24(31-26)33(11-28-18)20-16-10-17(16)21(34)22(20)35)32(19(13-6-7-13)14-8-9-14)12-29-25(36)15-4-2-1-3-5-15/h1-5,11,13-14,16-17,19-22,34-35H,6-10,12H2,(H,29,36)/t16-,17+,20+,21+,22-/m0/s1. The number of halogens is 1. The quantitative estimate of drug-likeness (QED) is 0.316. The molecule has 0 saturated heterocycles. The number of carbonyl (C=O) groups excluding carboxylic acids is 1. The number of anilines is 1. The summed E-state index contributed by atoms with van der Waals surface area (Å²) in [5.41, 5.74) is 1.76. The van der Waals surface area contributed by atoms with E-state index >= 15 is 0 Å². The first-order valence-corrected chi connectivity index (χ1v) is 13.2. The largest absolute Gasteiger partial charge is 0.390 e. The van der Waals surface area contributed by atoms with E-state index in [1.807, 2.05) is 22.8 Å². The number of hydrogen-bond donors (Lipinski definition) is 3. The molecule has 3 N–H and O–H groups in total. The highest BCUT2D eigenvalue weighted by Crippen LogP contribution is 2.58. The normalized spacial score (nSPS) is 28.9. The summed E-state index contributed by atoms with van der Waals surface area (Å²) in [5.74, 6) is 1.90. The topological polar surface area (TPSA) is 116 Å². The summed E-state index contributed by atoms with van der Waals surface area (Å²) in [5, 5.41) is 24.3. The molecular weight excluding hydrogens is 480 g/mol. The lowest BCUT2D eigenvalue weighted by molar-refractivity contribution is 0.00386. The number of nitrogens with zero attached hydrogens (tertiary/aromatic N) is 5. The fourth-order valence-corrected chi connectivity index (χ4v) is 6.49. The van der Waals surface area contributed by atoms with Crippen molar-refractivity contribution in [2.24, 2.45) is 23.7 Å². The first kappa shape index (κ1) is 22.4. The third-order valence-corrected chi connectivity index (χ3v) is 8.62. The van der Waals surface area contributed by atoms with E-state index < -0.39 is 12.2 Å². The Hall–Kier alpha value is -2.75. The minimum atomic E-state index is -0.865. The highest BCUT2D eigenvalue weighted by Gasteiger charge is 2.60. The van der Waals surface area contributed by atoms with Crippen molar-refractivity contribution in [1.82, 2.24) is 24.8 Å².